The molecule has 0 atom stereocenters. The van der Waals surface area contributed by atoms with Gasteiger partial charge in [0.25, 0.3) is 5.56 Å². The van der Waals surface area contributed by atoms with Gasteiger partial charge in [-0.05, 0) is 23.8 Å². The molecular formula is C13H9ClN2O3. The van der Waals surface area contributed by atoms with E-state index in [4.69, 9.17) is 16.0 Å². The molecule has 0 amide bonds. The Hall–Kier alpha value is -2.27. The number of oxazole rings is 1. The molecule has 0 aliphatic rings. The number of nitrogens with zero attached hydrogens (tertiary/aromatic N) is 1. The molecule has 2 aromatic heterocycles. The normalized spacial score (nSPS) is 11.0. The highest BCUT2D eigenvalue weighted by Crippen LogP contribution is 2.11. The van der Waals surface area contributed by atoms with Crippen LogP contribution in [0, 0.1) is 0 Å². The summed E-state index contributed by atoms with van der Waals surface area (Å²) in [5.74, 6) is -0.628. The van der Waals surface area contributed by atoms with Crippen LogP contribution in [0.15, 0.2) is 50.5 Å². The minimum absolute atomic E-state index is 0.182. The first-order valence-electron chi connectivity index (χ1n) is 5.60. The van der Waals surface area contributed by atoms with E-state index < -0.39 is 5.76 Å². The summed E-state index contributed by atoms with van der Waals surface area (Å²) in [6.45, 7) is 0.402. The lowest BCUT2D eigenvalue weighted by molar-refractivity contribution is 0.555. The SMILES string of the molecule is O=c1[nH]c2c(=O)n(Cc3ccc(Cl)cc3)ccc2o1. The van der Waals surface area contributed by atoms with Gasteiger partial charge >= 0.3 is 5.76 Å². The van der Waals surface area contributed by atoms with Crippen molar-refractivity contribution in [2.75, 3.05) is 0 Å². The number of benzene rings is 1. The Kier molecular flexibility index (Phi) is 2.76. The number of aromatic amines is 1. The molecule has 19 heavy (non-hydrogen) atoms. The van der Waals surface area contributed by atoms with Crippen LogP contribution in [0.25, 0.3) is 11.1 Å². The Balaban J connectivity index is 2.05. The average molecular weight is 277 g/mol. The Morgan fingerprint density at radius 3 is 2.63 bits per heavy atom. The van der Waals surface area contributed by atoms with E-state index in [9.17, 15) is 9.59 Å². The van der Waals surface area contributed by atoms with E-state index in [0.29, 0.717) is 11.6 Å². The van der Waals surface area contributed by atoms with Gasteiger partial charge in [-0.25, -0.2) is 4.79 Å². The van der Waals surface area contributed by atoms with Gasteiger partial charge in [0.05, 0.1) is 6.54 Å². The molecule has 1 aromatic carbocycles. The number of nitrogens with one attached hydrogen (secondary N) is 1. The smallest absolute Gasteiger partial charge is 0.408 e. The predicted octanol–water partition coefficient (Wildman–Crippen LogP) is 1.98. The summed E-state index contributed by atoms with van der Waals surface area (Å²) in [6.07, 6.45) is 1.59. The standard InChI is InChI=1S/C13H9ClN2O3/c14-9-3-1-8(2-4-9)7-16-6-5-10-11(12(16)17)15-13(18)19-10/h1-6H,7H2,(H,15,18). The number of aromatic nitrogens is 2. The number of pyridine rings is 1. The largest absolute Gasteiger partial charge is 0.417 e. The van der Waals surface area contributed by atoms with E-state index in [0.717, 1.165) is 5.56 Å². The second kappa shape index (κ2) is 4.44. The van der Waals surface area contributed by atoms with Gasteiger partial charge < -0.3 is 8.98 Å². The van der Waals surface area contributed by atoms with E-state index in [-0.39, 0.29) is 16.7 Å². The van der Waals surface area contributed by atoms with Gasteiger partial charge in [-0.3, -0.25) is 9.78 Å². The molecule has 6 heteroatoms. The molecule has 0 saturated heterocycles. The fraction of sp³-hybridized carbons (Fsp3) is 0.0769. The van der Waals surface area contributed by atoms with Gasteiger partial charge in [0, 0.05) is 11.2 Å². The molecule has 0 fully saturated rings. The van der Waals surface area contributed by atoms with Crippen molar-refractivity contribution >= 4 is 22.7 Å². The molecule has 0 unspecified atom stereocenters. The number of halogens is 1. The summed E-state index contributed by atoms with van der Waals surface area (Å²) in [6, 6.07) is 8.80. The third-order valence-corrected chi connectivity index (χ3v) is 3.07. The zero-order valence-electron chi connectivity index (χ0n) is 9.72. The van der Waals surface area contributed by atoms with Crippen LogP contribution >= 0.6 is 11.6 Å². The van der Waals surface area contributed by atoms with E-state index in [1.54, 1.807) is 24.4 Å². The first kappa shape index (κ1) is 11.8. The summed E-state index contributed by atoms with van der Waals surface area (Å²) >= 11 is 5.81. The van der Waals surface area contributed by atoms with Crippen molar-refractivity contribution in [3.8, 4) is 0 Å². The van der Waals surface area contributed by atoms with Crippen molar-refractivity contribution < 1.29 is 4.42 Å². The highest BCUT2D eigenvalue weighted by molar-refractivity contribution is 6.30. The van der Waals surface area contributed by atoms with Gasteiger partial charge in [-0.1, -0.05) is 23.7 Å². The second-order valence-electron chi connectivity index (χ2n) is 4.13. The molecule has 0 aliphatic heterocycles. The van der Waals surface area contributed by atoms with Gasteiger partial charge in [0.15, 0.2) is 11.1 Å². The molecule has 3 aromatic rings. The van der Waals surface area contributed by atoms with Crippen molar-refractivity contribution in [3.05, 3.63) is 68.0 Å². The van der Waals surface area contributed by atoms with Crippen LogP contribution in [0.2, 0.25) is 5.02 Å². The molecule has 2 heterocycles. The molecular weight excluding hydrogens is 268 g/mol. The van der Waals surface area contributed by atoms with Crippen molar-refractivity contribution in [1.82, 2.24) is 9.55 Å². The van der Waals surface area contributed by atoms with E-state index >= 15 is 0 Å². The minimum Gasteiger partial charge on any atom is -0.408 e. The molecule has 0 spiro atoms. The lowest BCUT2D eigenvalue weighted by Gasteiger charge is -2.05. The monoisotopic (exact) mass is 276 g/mol. The number of rotatable bonds is 2. The highest BCUT2D eigenvalue weighted by atomic mass is 35.5. The van der Waals surface area contributed by atoms with E-state index in [2.05, 4.69) is 4.98 Å². The lowest BCUT2D eigenvalue weighted by atomic mass is 10.2. The highest BCUT2D eigenvalue weighted by Gasteiger charge is 2.08. The van der Waals surface area contributed by atoms with E-state index in [1.807, 2.05) is 12.1 Å². The van der Waals surface area contributed by atoms with Gasteiger partial charge in [0.1, 0.15) is 0 Å². The Morgan fingerprint density at radius 2 is 1.89 bits per heavy atom. The van der Waals surface area contributed by atoms with Crippen molar-refractivity contribution in [2.24, 2.45) is 0 Å². The van der Waals surface area contributed by atoms with E-state index in [1.165, 1.54) is 4.57 Å². The molecule has 0 bridgehead atoms. The van der Waals surface area contributed by atoms with Gasteiger partial charge in [-0.15, -0.1) is 0 Å². The molecule has 0 aliphatic carbocycles. The molecule has 0 saturated carbocycles. The van der Waals surface area contributed by atoms with Crippen molar-refractivity contribution in [3.63, 3.8) is 0 Å². The Bertz CT molecular complexity index is 843. The Labute approximate surface area is 112 Å². The average Bonchev–Trinajstić information content (AvgIpc) is 2.77. The fourth-order valence-electron chi connectivity index (χ4n) is 1.90. The summed E-state index contributed by atoms with van der Waals surface area (Å²) in [4.78, 5) is 25.6. The zero-order chi connectivity index (χ0) is 13.4. The van der Waals surface area contributed by atoms with Crippen LogP contribution in [-0.2, 0) is 6.54 Å². The van der Waals surface area contributed by atoms with Crippen molar-refractivity contribution in [1.29, 1.82) is 0 Å². The number of fused-ring (bicyclic) bond motifs is 1. The molecule has 5 nitrogen and oxygen atoms in total. The first-order chi connectivity index (χ1) is 9.13. The van der Waals surface area contributed by atoms with Crippen LogP contribution in [-0.4, -0.2) is 9.55 Å². The van der Waals surface area contributed by atoms with Crippen LogP contribution in [0.1, 0.15) is 5.56 Å². The molecule has 0 radical (unpaired) electrons. The van der Waals surface area contributed by atoms with Crippen LogP contribution in [0.3, 0.4) is 0 Å². The van der Waals surface area contributed by atoms with Crippen LogP contribution in [0.4, 0.5) is 0 Å². The molecule has 3 rings (SSSR count). The number of H-pyrrole nitrogens is 1. The van der Waals surface area contributed by atoms with Gasteiger partial charge in [-0.2, -0.15) is 0 Å². The number of hydrogen-bond donors (Lipinski definition) is 1. The maximum Gasteiger partial charge on any atom is 0.417 e. The summed E-state index contributed by atoms with van der Waals surface area (Å²) in [7, 11) is 0. The quantitative estimate of drug-likeness (QED) is 0.778. The predicted molar refractivity (Wildman–Crippen MR) is 71.6 cm³/mol. The maximum absolute atomic E-state index is 12.1. The summed E-state index contributed by atoms with van der Waals surface area (Å²) < 4.78 is 6.32. The van der Waals surface area contributed by atoms with Crippen LogP contribution < -0.4 is 11.3 Å². The van der Waals surface area contributed by atoms with Gasteiger partial charge in [0.2, 0.25) is 0 Å². The Morgan fingerprint density at radius 1 is 1.16 bits per heavy atom. The second-order valence-corrected chi connectivity index (χ2v) is 4.57. The summed E-state index contributed by atoms with van der Waals surface area (Å²) in [5, 5.41) is 0.644. The summed E-state index contributed by atoms with van der Waals surface area (Å²) in [5.41, 5.74) is 1.10. The topological polar surface area (TPSA) is 68.0 Å². The third-order valence-electron chi connectivity index (χ3n) is 2.82. The molecule has 96 valence electrons. The molecule has 1 N–H and O–H groups in total. The van der Waals surface area contributed by atoms with Crippen molar-refractivity contribution in [2.45, 2.75) is 6.54 Å². The maximum atomic E-state index is 12.1. The lowest BCUT2D eigenvalue weighted by Crippen LogP contribution is -2.20. The number of hydrogen-bond acceptors (Lipinski definition) is 3. The van der Waals surface area contributed by atoms with Crippen LogP contribution in [0.5, 0.6) is 0 Å². The minimum atomic E-state index is -0.628. The first-order valence-corrected chi connectivity index (χ1v) is 5.98. The third kappa shape index (κ3) is 2.20. The zero-order valence-corrected chi connectivity index (χ0v) is 10.5. The fourth-order valence-corrected chi connectivity index (χ4v) is 2.02.